The average Bonchev–Trinajstić information content (AvgIpc) is 2.65. The summed E-state index contributed by atoms with van der Waals surface area (Å²) in [5.41, 5.74) is 1.02. The molecule has 4 heteroatoms. The van der Waals surface area contributed by atoms with E-state index in [9.17, 15) is 4.39 Å². The topological polar surface area (TPSA) is 30.5 Å². The normalized spacial score (nSPS) is 23.5. The number of nitrogens with one attached hydrogen (secondary N) is 1. The first kappa shape index (κ1) is 11.8. The van der Waals surface area contributed by atoms with Gasteiger partial charge in [-0.05, 0) is 43.0 Å². The minimum Gasteiger partial charge on any atom is -0.489 e. The van der Waals surface area contributed by atoms with Gasteiger partial charge in [0.2, 0.25) is 0 Å². The zero-order valence-electron chi connectivity index (χ0n) is 10.4. The van der Waals surface area contributed by atoms with Crippen LogP contribution in [0.2, 0.25) is 0 Å². The van der Waals surface area contributed by atoms with Crippen LogP contribution in [0, 0.1) is 5.82 Å². The predicted molar refractivity (Wildman–Crippen MR) is 66.9 cm³/mol. The van der Waals surface area contributed by atoms with Crippen molar-refractivity contribution in [2.75, 3.05) is 26.3 Å². The summed E-state index contributed by atoms with van der Waals surface area (Å²) in [6, 6.07) is 3.55. The second kappa shape index (κ2) is 5.14. The minimum atomic E-state index is -0.296. The van der Waals surface area contributed by atoms with Crippen molar-refractivity contribution in [3.8, 4) is 11.5 Å². The maximum absolute atomic E-state index is 14.0. The summed E-state index contributed by atoms with van der Waals surface area (Å²) >= 11 is 0. The summed E-state index contributed by atoms with van der Waals surface area (Å²) < 4.78 is 25.0. The summed E-state index contributed by atoms with van der Waals surface area (Å²) in [7, 11) is 0. The van der Waals surface area contributed by atoms with Crippen LogP contribution in [0.15, 0.2) is 12.1 Å². The van der Waals surface area contributed by atoms with Crippen LogP contribution >= 0.6 is 0 Å². The molecule has 1 atom stereocenters. The molecule has 0 aromatic heterocycles. The third-order valence-electron chi connectivity index (χ3n) is 3.59. The van der Waals surface area contributed by atoms with E-state index >= 15 is 0 Å². The van der Waals surface area contributed by atoms with E-state index < -0.39 is 0 Å². The molecule has 1 aromatic carbocycles. The molecule has 0 aliphatic carbocycles. The molecule has 0 amide bonds. The zero-order valence-corrected chi connectivity index (χ0v) is 10.4. The summed E-state index contributed by atoms with van der Waals surface area (Å²) in [5.74, 6) is 0.925. The summed E-state index contributed by atoms with van der Waals surface area (Å²) in [6.07, 6.45) is 3.04. The Bertz CT molecular complexity index is 430. The second-order valence-electron chi connectivity index (χ2n) is 4.92. The molecule has 3 nitrogen and oxygen atoms in total. The summed E-state index contributed by atoms with van der Waals surface area (Å²) in [4.78, 5) is 0. The van der Waals surface area contributed by atoms with Crippen LogP contribution in [-0.2, 0) is 0 Å². The number of benzene rings is 1. The van der Waals surface area contributed by atoms with Gasteiger partial charge in [-0.1, -0.05) is 0 Å². The van der Waals surface area contributed by atoms with E-state index in [0.29, 0.717) is 24.9 Å². The molecule has 98 valence electrons. The molecular weight excluding hydrogens is 233 g/mol. The number of halogens is 1. The van der Waals surface area contributed by atoms with Crippen molar-refractivity contribution < 1.29 is 13.9 Å². The van der Waals surface area contributed by atoms with Crippen LogP contribution in [0.5, 0.6) is 11.5 Å². The lowest BCUT2D eigenvalue weighted by atomic mass is 9.91. The molecule has 0 radical (unpaired) electrons. The smallest absolute Gasteiger partial charge is 0.197 e. The van der Waals surface area contributed by atoms with Gasteiger partial charge in [0, 0.05) is 13.0 Å². The van der Waals surface area contributed by atoms with Crippen molar-refractivity contribution in [1.29, 1.82) is 0 Å². The molecule has 0 saturated carbocycles. The summed E-state index contributed by atoms with van der Waals surface area (Å²) in [5, 5.41) is 3.35. The molecule has 1 saturated heterocycles. The lowest BCUT2D eigenvalue weighted by molar-refractivity contribution is 0.292. The molecule has 2 heterocycles. The Morgan fingerprint density at radius 2 is 2.06 bits per heavy atom. The van der Waals surface area contributed by atoms with Gasteiger partial charge >= 0.3 is 0 Å². The monoisotopic (exact) mass is 251 g/mol. The fraction of sp³-hybridized carbons (Fsp3) is 0.571. The lowest BCUT2D eigenvalue weighted by Gasteiger charge is -2.24. The number of ether oxygens (including phenoxy) is 2. The Morgan fingerprint density at radius 1 is 1.17 bits per heavy atom. The van der Waals surface area contributed by atoms with E-state index in [4.69, 9.17) is 9.47 Å². The van der Waals surface area contributed by atoms with Crippen LogP contribution in [0.3, 0.4) is 0 Å². The molecule has 2 aliphatic heterocycles. The van der Waals surface area contributed by atoms with Gasteiger partial charge in [0.05, 0.1) is 13.2 Å². The second-order valence-corrected chi connectivity index (χ2v) is 4.92. The van der Waals surface area contributed by atoms with Crippen molar-refractivity contribution in [3.63, 3.8) is 0 Å². The van der Waals surface area contributed by atoms with Gasteiger partial charge in [0.15, 0.2) is 17.3 Å². The maximum atomic E-state index is 14.0. The van der Waals surface area contributed by atoms with Crippen molar-refractivity contribution in [2.45, 2.75) is 25.2 Å². The van der Waals surface area contributed by atoms with Crippen molar-refractivity contribution in [3.05, 3.63) is 23.5 Å². The van der Waals surface area contributed by atoms with Gasteiger partial charge in [-0.15, -0.1) is 0 Å². The number of fused-ring (bicyclic) bond motifs is 1. The number of piperidine rings is 1. The lowest BCUT2D eigenvalue weighted by Crippen LogP contribution is -2.28. The molecule has 1 fully saturated rings. The third-order valence-corrected chi connectivity index (χ3v) is 3.59. The molecule has 1 N–H and O–H groups in total. The Balaban J connectivity index is 1.91. The highest BCUT2D eigenvalue weighted by Gasteiger charge is 2.21. The van der Waals surface area contributed by atoms with Gasteiger partial charge in [-0.2, -0.15) is 0 Å². The molecule has 0 spiro atoms. The van der Waals surface area contributed by atoms with Gasteiger partial charge in [0.25, 0.3) is 0 Å². The first-order valence-corrected chi connectivity index (χ1v) is 6.64. The van der Waals surface area contributed by atoms with Gasteiger partial charge < -0.3 is 14.8 Å². The molecule has 2 aliphatic rings. The molecule has 0 bridgehead atoms. The molecule has 1 aromatic rings. The van der Waals surface area contributed by atoms with E-state index in [-0.39, 0.29) is 11.6 Å². The van der Waals surface area contributed by atoms with Crippen LogP contribution in [0.4, 0.5) is 4.39 Å². The fourth-order valence-corrected chi connectivity index (χ4v) is 2.62. The molecular formula is C14H18FNO2. The fourth-order valence-electron chi connectivity index (χ4n) is 2.62. The Hall–Kier alpha value is -1.29. The Kier molecular flexibility index (Phi) is 3.37. The molecule has 3 rings (SSSR count). The van der Waals surface area contributed by atoms with Crippen LogP contribution in [0.25, 0.3) is 0 Å². The predicted octanol–water partition coefficient (Wildman–Crippen LogP) is 2.45. The number of rotatable bonds is 1. The highest BCUT2D eigenvalue weighted by atomic mass is 19.1. The van der Waals surface area contributed by atoms with Crippen molar-refractivity contribution >= 4 is 0 Å². The molecule has 18 heavy (non-hydrogen) atoms. The van der Waals surface area contributed by atoms with Gasteiger partial charge in [-0.3, -0.25) is 0 Å². The third kappa shape index (κ3) is 2.29. The number of hydrogen-bond donors (Lipinski definition) is 1. The minimum absolute atomic E-state index is 0.278. The molecule has 1 unspecified atom stereocenters. The van der Waals surface area contributed by atoms with Crippen molar-refractivity contribution in [1.82, 2.24) is 5.32 Å². The maximum Gasteiger partial charge on any atom is 0.197 e. The first-order chi connectivity index (χ1) is 8.84. The van der Waals surface area contributed by atoms with Crippen molar-refractivity contribution in [2.24, 2.45) is 0 Å². The SMILES string of the molecule is Fc1cc(C2CCCNC2)cc2c1OCCCO2. The Morgan fingerprint density at radius 3 is 2.89 bits per heavy atom. The quantitative estimate of drug-likeness (QED) is 0.831. The largest absolute Gasteiger partial charge is 0.489 e. The highest BCUT2D eigenvalue weighted by Crippen LogP contribution is 2.37. The van der Waals surface area contributed by atoms with Gasteiger partial charge in [0.1, 0.15) is 0 Å². The number of hydrogen-bond acceptors (Lipinski definition) is 3. The first-order valence-electron chi connectivity index (χ1n) is 6.64. The van der Waals surface area contributed by atoms with Gasteiger partial charge in [-0.25, -0.2) is 4.39 Å². The van der Waals surface area contributed by atoms with E-state index in [1.165, 1.54) is 0 Å². The Labute approximate surface area is 106 Å². The zero-order chi connectivity index (χ0) is 12.4. The average molecular weight is 251 g/mol. The van der Waals surface area contributed by atoms with E-state index in [1.807, 2.05) is 6.07 Å². The van der Waals surface area contributed by atoms with Crippen LogP contribution in [0.1, 0.15) is 30.7 Å². The highest BCUT2D eigenvalue weighted by molar-refractivity contribution is 5.45. The summed E-state index contributed by atoms with van der Waals surface area (Å²) in [6.45, 7) is 3.09. The van der Waals surface area contributed by atoms with E-state index in [0.717, 1.165) is 37.9 Å². The van der Waals surface area contributed by atoms with Crippen LogP contribution in [-0.4, -0.2) is 26.3 Å². The van der Waals surface area contributed by atoms with E-state index in [1.54, 1.807) is 6.07 Å². The van der Waals surface area contributed by atoms with E-state index in [2.05, 4.69) is 5.32 Å². The standard InChI is InChI=1S/C14H18FNO2/c15-12-7-11(10-3-1-4-16-9-10)8-13-14(12)18-6-2-5-17-13/h7-8,10,16H,1-6,9H2. The van der Waals surface area contributed by atoms with Crippen LogP contribution < -0.4 is 14.8 Å².